The van der Waals surface area contributed by atoms with Crippen LogP contribution >= 0.6 is 0 Å². The van der Waals surface area contributed by atoms with Gasteiger partial charge >= 0.3 is 6.18 Å². The van der Waals surface area contributed by atoms with Gasteiger partial charge in [-0.3, -0.25) is 4.79 Å². The molecular formula is C19H16F3NO. The number of allylic oxidation sites excluding steroid dienone is 2. The van der Waals surface area contributed by atoms with Gasteiger partial charge in [0.25, 0.3) is 0 Å². The van der Waals surface area contributed by atoms with Crippen LogP contribution in [0.4, 0.5) is 18.9 Å². The van der Waals surface area contributed by atoms with Gasteiger partial charge in [0.05, 0.1) is 11.3 Å². The molecule has 124 valence electrons. The Bertz CT molecular complexity index is 766. The van der Waals surface area contributed by atoms with Crippen LogP contribution in [0.2, 0.25) is 0 Å². The Morgan fingerprint density at radius 1 is 0.917 bits per heavy atom. The Kier molecular flexibility index (Phi) is 4.42. The number of alkyl halides is 3. The van der Waals surface area contributed by atoms with Crippen molar-refractivity contribution in [2.45, 2.75) is 24.9 Å². The minimum Gasteiger partial charge on any atom is -0.358 e. The molecule has 0 heterocycles. The lowest BCUT2D eigenvalue weighted by Gasteiger charge is -2.24. The molecule has 5 heteroatoms. The second-order valence-electron chi connectivity index (χ2n) is 5.82. The number of ketones is 1. The molecule has 0 unspecified atom stereocenters. The van der Waals surface area contributed by atoms with E-state index in [9.17, 15) is 18.0 Å². The van der Waals surface area contributed by atoms with Crippen molar-refractivity contribution in [3.8, 4) is 0 Å². The zero-order valence-electron chi connectivity index (χ0n) is 12.8. The Morgan fingerprint density at radius 2 is 1.58 bits per heavy atom. The number of benzene rings is 2. The average Bonchev–Trinajstić information content (AvgIpc) is 2.55. The summed E-state index contributed by atoms with van der Waals surface area (Å²) in [5.41, 5.74) is 0.761. The molecule has 2 nitrogen and oxygen atoms in total. The molecule has 24 heavy (non-hydrogen) atoms. The fourth-order valence-electron chi connectivity index (χ4n) is 2.95. The predicted octanol–water partition coefficient (Wildman–Crippen LogP) is 5.15. The Hall–Kier alpha value is -2.56. The molecule has 0 saturated carbocycles. The third-order valence-corrected chi connectivity index (χ3v) is 4.05. The fourth-order valence-corrected chi connectivity index (χ4v) is 2.95. The highest BCUT2D eigenvalue weighted by atomic mass is 19.4. The van der Waals surface area contributed by atoms with E-state index in [1.807, 2.05) is 30.3 Å². The lowest BCUT2D eigenvalue weighted by atomic mass is 9.85. The maximum Gasteiger partial charge on any atom is 0.418 e. The minimum absolute atomic E-state index is 0.0238. The fraction of sp³-hybridized carbons (Fsp3) is 0.211. The van der Waals surface area contributed by atoms with Crippen molar-refractivity contribution in [3.05, 3.63) is 77.5 Å². The van der Waals surface area contributed by atoms with Crippen molar-refractivity contribution in [2.24, 2.45) is 0 Å². The van der Waals surface area contributed by atoms with E-state index >= 15 is 0 Å². The van der Waals surface area contributed by atoms with E-state index < -0.39 is 11.7 Å². The van der Waals surface area contributed by atoms with Crippen molar-refractivity contribution in [2.75, 3.05) is 5.32 Å². The molecule has 0 fully saturated rings. The number of carbonyl (C=O) groups is 1. The Labute approximate surface area is 138 Å². The summed E-state index contributed by atoms with van der Waals surface area (Å²) in [6.45, 7) is 0. The largest absolute Gasteiger partial charge is 0.418 e. The first-order valence-electron chi connectivity index (χ1n) is 7.65. The SMILES string of the molecule is O=C1C=C(Nc2ccccc2C(F)(F)F)C[C@@H](c2ccccc2)C1. The van der Waals surface area contributed by atoms with Gasteiger partial charge < -0.3 is 5.32 Å². The summed E-state index contributed by atoms with van der Waals surface area (Å²) in [7, 11) is 0. The summed E-state index contributed by atoms with van der Waals surface area (Å²) < 4.78 is 39.3. The zero-order chi connectivity index (χ0) is 17.2. The van der Waals surface area contributed by atoms with Crippen LogP contribution in [-0.2, 0) is 11.0 Å². The molecule has 3 rings (SSSR count). The number of carbonyl (C=O) groups excluding carboxylic acids is 1. The molecule has 0 bridgehead atoms. The topological polar surface area (TPSA) is 29.1 Å². The van der Waals surface area contributed by atoms with Crippen LogP contribution in [0, 0.1) is 0 Å². The van der Waals surface area contributed by atoms with Gasteiger partial charge in [-0.05, 0) is 30.0 Å². The van der Waals surface area contributed by atoms with Crippen LogP contribution in [0.25, 0.3) is 0 Å². The van der Waals surface area contributed by atoms with E-state index in [-0.39, 0.29) is 17.4 Å². The molecule has 2 aromatic rings. The highest BCUT2D eigenvalue weighted by Crippen LogP contribution is 2.37. The van der Waals surface area contributed by atoms with Crippen LogP contribution in [0.3, 0.4) is 0 Å². The highest BCUT2D eigenvalue weighted by Gasteiger charge is 2.33. The summed E-state index contributed by atoms with van der Waals surface area (Å²) >= 11 is 0. The van der Waals surface area contributed by atoms with Gasteiger partial charge in [-0.2, -0.15) is 13.2 Å². The number of halogens is 3. The number of nitrogens with one attached hydrogen (secondary N) is 1. The Balaban J connectivity index is 1.84. The summed E-state index contributed by atoms with van der Waals surface area (Å²) in [6, 6.07) is 14.8. The van der Waals surface area contributed by atoms with Gasteiger partial charge in [-0.25, -0.2) is 0 Å². The normalized spacial score (nSPS) is 18.2. The van der Waals surface area contributed by atoms with Crippen LogP contribution in [0.5, 0.6) is 0 Å². The predicted molar refractivity (Wildman–Crippen MR) is 86.6 cm³/mol. The van der Waals surface area contributed by atoms with Crippen molar-refractivity contribution in [3.63, 3.8) is 0 Å². The van der Waals surface area contributed by atoms with E-state index in [1.54, 1.807) is 0 Å². The van der Waals surface area contributed by atoms with Gasteiger partial charge in [0.2, 0.25) is 0 Å². The quantitative estimate of drug-likeness (QED) is 0.843. The van der Waals surface area contributed by atoms with Crippen LogP contribution in [-0.4, -0.2) is 5.78 Å². The van der Waals surface area contributed by atoms with E-state index in [2.05, 4.69) is 5.32 Å². The number of hydrogen-bond acceptors (Lipinski definition) is 2. The first-order valence-corrected chi connectivity index (χ1v) is 7.65. The molecule has 0 aromatic heterocycles. The minimum atomic E-state index is -4.44. The van der Waals surface area contributed by atoms with E-state index in [1.165, 1.54) is 24.3 Å². The third-order valence-electron chi connectivity index (χ3n) is 4.05. The molecule has 0 spiro atoms. The first-order chi connectivity index (χ1) is 11.4. The molecule has 0 radical (unpaired) electrons. The smallest absolute Gasteiger partial charge is 0.358 e. The van der Waals surface area contributed by atoms with Crippen molar-refractivity contribution in [1.82, 2.24) is 0 Å². The molecule has 0 saturated heterocycles. The van der Waals surface area contributed by atoms with E-state index in [0.717, 1.165) is 11.6 Å². The third kappa shape index (κ3) is 3.67. The summed E-state index contributed by atoms with van der Waals surface area (Å²) in [6.07, 6.45) is -2.16. The maximum atomic E-state index is 13.1. The first kappa shape index (κ1) is 16.3. The summed E-state index contributed by atoms with van der Waals surface area (Å²) in [5.74, 6) is -0.105. The standard InChI is InChI=1S/C19H16F3NO/c20-19(21,22)17-8-4-5-9-18(17)23-15-10-14(11-16(24)12-15)13-6-2-1-3-7-13/h1-9,12,14,23H,10-11H2/t14-/m1/s1. The number of anilines is 1. The molecule has 1 N–H and O–H groups in total. The van der Waals surface area contributed by atoms with E-state index in [0.29, 0.717) is 18.5 Å². The van der Waals surface area contributed by atoms with Gasteiger partial charge in [0, 0.05) is 18.2 Å². The molecule has 1 aliphatic rings. The lowest BCUT2D eigenvalue weighted by Crippen LogP contribution is -2.18. The number of rotatable bonds is 3. The molecule has 2 aromatic carbocycles. The average molecular weight is 331 g/mol. The van der Waals surface area contributed by atoms with Crippen LogP contribution in [0.1, 0.15) is 29.9 Å². The second kappa shape index (κ2) is 6.51. The lowest BCUT2D eigenvalue weighted by molar-refractivity contribution is -0.136. The molecular weight excluding hydrogens is 315 g/mol. The van der Waals surface area contributed by atoms with Gasteiger partial charge in [-0.1, -0.05) is 42.5 Å². The monoisotopic (exact) mass is 331 g/mol. The van der Waals surface area contributed by atoms with Crippen molar-refractivity contribution < 1.29 is 18.0 Å². The van der Waals surface area contributed by atoms with E-state index in [4.69, 9.17) is 0 Å². The van der Waals surface area contributed by atoms with Gasteiger partial charge in [0.1, 0.15) is 0 Å². The zero-order valence-corrected chi connectivity index (χ0v) is 12.8. The maximum absolute atomic E-state index is 13.1. The molecule has 0 aliphatic heterocycles. The highest BCUT2D eigenvalue weighted by molar-refractivity contribution is 5.92. The number of para-hydroxylation sites is 1. The molecule has 1 aliphatic carbocycles. The Morgan fingerprint density at radius 3 is 2.29 bits per heavy atom. The molecule has 0 amide bonds. The van der Waals surface area contributed by atoms with Gasteiger partial charge in [0.15, 0.2) is 5.78 Å². The van der Waals surface area contributed by atoms with Gasteiger partial charge in [-0.15, -0.1) is 0 Å². The van der Waals surface area contributed by atoms with Crippen LogP contribution in [0.15, 0.2) is 66.4 Å². The van der Waals surface area contributed by atoms with Crippen molar-refractivity contribution in [1.29, 1.82) is 0 Å². The van der Waals surface area contributed by atoms with Crippen molar-refractivity contribution >= 4 is 11.5 Å². The summed E-state index contributed by atoms with van der Waals surface area (Å²) in [4.78, 5) is 12.0. The molecule has 1 atom stereocenters. The number of hydrogen-bond donors (Lipinski definition) is 1. The second-order valence-corrected chi connectivity index (χ2v) is 5.82. The van der Waals surface area contributed by atoms with Crippen LogP contribution < -0.4 is 5.32 Å². The summed E-state index contributed by atoms with van der Waals surface area (Å²) in [5, 5.41) is 2.81.